The van der Waals surface area contributed by atoms with Crippen LogP contribution in [0.2, 0.25) is 0 Å². The normalized spacial score (nSPS) is 14.8. The van der Waals surface area contributed by atoms with Crippen LogP contribution in [-0.4, -0.2) is 44.1 Å². The number of ether oxygens (including phenoxy) is 1. The highest BCUT2D eigenvalue weighted by molar-refractivity contribution is 7.90. The molecule has 0 saturated heterocycles. The zero-order valence-corrected chi connectivity index (χ0v) is 18.2. The van der Waals surface area contributed by atoms with Gasteiger partial charge in [-0.1, -0.05) is 31.4 Å². The lowest BCUT2D eigenvalue weighted by molar-refractivity contribution is -0.138. The van der Waals surface area contributed by atoms with Crippen LogP contribution in [0.3, 0.4) is 0 Å². The number of esters is 1. The lowest BCUT2D eigenvalue weighted by Crippen LogP contribution is -2.43. The summed E-state index contributed by atoms with van der Waals surface area (Å²) >= 11 is 0. The van der Waals surface area contributed by atoms with Crippen molar-refractivity contribution < 1.29 is 27.1 Å². The smallest absolute Gasteiger partial charge is 0.338 e. The van der Waals surface area contributed by atoms with Gasteiger partial charge in [-0.25, -0.2) is 17.6 Å². The summed E-state index contributed by atoms with van der Waals surface area (Å²) < 4.78 is 41.5. The second-order valence-electron chi connectivity index (χ2n) is 7.81. The molecule has 31 heavy (non-hydrogen) atoms. The van der Waals surface area contributed by atoms with E-state index in [0.29, 0.717) is 6.54 Å². The van der Waals surface area contributed by atoms with Gasteiger partial charge in [0.1, 0.15) is 5.82 Å². The standard InChI is InChI=1S/C23H26FNO5S/c1-31(28,29)21-13-9-18(10-14-21)23(27)30-16-22(26)25(20-5-3-2-4-6-20)15-17-7-11-19(24)12-8-17/h7-14,20H,2-6,15-16H2,1H3. The molecule has 0 aliphatic heterocycles. The van der Waals surface area contributed by atoms with Crippen molar-refractivity contribution in [1.29, 1.82) is 0 Å². The number of sulfone groups is 1. The van der Waals surface area contributed by atoms with Gasteiger partial charge in [0, 0.05) is 18.8 Å². The monoisotopic (exact) mass is 447 g/mol. The van der Waals surface area contributed by atoms with Crippen molar-refractivity contribution in [2.75, 3.05) is 12.9 Å². The minimum Gasteiger partial charge on any atom is -0.452 e. The minimum atomic E-state index is -3.36. The average Bonchev–Trinajstić information content (AvgIpc) is 2.77. The second kappa shape index (κ2) is 10.0. The van der Waals surface area contributed by atoms with Gasteiger partial charge in [0.05, 0.1) is 10.5 Å². The molecule has 1 aliphatic rings. The molecule has 0 heterocycles. The Hall–Kier alpha value is -2.74. The first-order chi connectivity index (χ1) is 14.7. The number of halogens is 1. The van der Waals surface area contributed by atoms with Gasteiger partial charge in [0.2, 0.25) is 0 Å². The van der Waals surface area contributed by atoms with E-state index in [1.165, 1.54) is 36.4 Å². The molecule has 2 aromatic carbocycles. The third kappa shape index (κ3) is 6.37. The maximum absolute atomic E-state index is 13.2. The number of rotatable bonds is 7. The highest BCUT2D eigenvalue weighted by atomic mass is 32.2. The highest BCUT2D eigenvalue weighted by Crippen LogP contribution is 2.24. The molecule has 3 rings (SSSR count). The molecule has 8 heteroatoms. The molecule has 0 radical (unpaired) electrons. The number of hydrogen-bond acceptors (Lipinski definition) is 5. The predicted molar refractivity (Wildman–Crippen MR) is 114 cm³/mol. The molecule has 0 bridgehead atoms. The topological polar surface area (TPSA) is 80.7 Å². The Kier molecular flexibility index (Phi) is 7.43. The van der Waals surface area contributed by atoms with Crippen LogP contribution in [0.1, 0.15) is 48.0 Å². The minimum absolute atomic E-state index is 0.0547. The summed E-state index contributed by atoms with van der Waals surface area (Å²) in [6.07, 6.45) is 6.05. The molecule has 2 aromatic rings. The van der Waals surface area contributed by atoms with Gasteiger partial charge in [-0.2, -0.15) is 0 Å². The summed E-state index contributed by atoms with van der Waals surface area (Å²) in [7, 11) is -3.36. The molecule has 6 nitrogen and oxygen atoms in total. The fraction of sp³-hybridized carbons (Fsp3) is 0.391. The van der Waals surface area contributed by atoms with Crippen molar-refractivity contribution in [2.24, 2.45) is 0 Å². The summed E-state index contributed by atoms with van der Waals surface area (Å²) in [6, 6.07) is 11.5. The van der Waals surface area contributed by atoms with Crippen LogP contribution in [-0.2, 0) is 25.9 Å². The first-order valence-corrected chi connectivity index (χ1v) is 12.1. The second-order valence-corrected chi connectivity index (χ2v) is 9.83. The van der Waals surface area contributed by atoms with Crippen molar-refractivity contribution in [3.63, 3.8) is 0 Å². The van der Waals surface area contributed by atoms with Crippen LogP contribution >= 0.6 is 0 Å². The lowest BCUT2D eigenvalue weighted by atomic mass is 9.93. The third-order valence-corrected chi connectivity index (χ3v) is 6.58. The Morgan fingerprint density at radius 1 is 1.00 bits per heavy atom. The number of hydrogen-bond donors (Lipinski definition) is 0. The van der Waals surface area contributed by atoms with E-state index < -0.39 is 22.4 Å². The van der Waals surface area contributed by atoms with Gasteiger partial charge in [-0.05, 0) is 54.8 Å². The van der Waals surface area contributed by atoms with E-state index >= 15 is 0 Å². The molecule has 0 unspecified atom stereocenters. The van der Waals surface area contributed by atoms with Gasteiger partial charge in [-0.3, -0.25) is 4.79 Å². The number of carbonyl (C=O) groups is 2. The molecule has 0 spiro atoms. The van der Waals surface area contributed by atoms with Gasteiger partial charge in [0.15, 0.2) is 16.4 Å². The van der Waals surface area contributed by atoms with Gasteiger partial charge < -0.3 is 9.64 Å². The first-order valence-electron chi connectivity index (χ1n) is 10.3. The molecular formula is C23H26FNO5S. The molecule has 1 amide bonds. The Morgan fingerprint density at radius 3 is 2.19 bits per heavy atom. The van der Waals surface area contributed by atoms with E-state index in [2.05, 4.69) is 0 Å². The fourth-order valence-corrected chi connectivity index (χ4v) is 4.36. The summed E-state index contributed by atoms with van der Waals surface area (Å²) in [5.74, 6) is -1.34. The largest absolute Gasteiger partial charge is 0.452 e. The van der Waals surface area contributed by atoms with E-state index in [4.69, 9.17) is 4.74 Å². The maximum Gasteiger partial charge on any atom is 0.338 e. The predicted octanol–water partition coefficient (Wildman–Crippen LogP) is 3.75. The van der Waals surface area contributed by atoms with Crippen LogP contribution in [0.4, 0.5) is 4.39 Å². The summed E-state index contributed by atoms with van der Waals surface area (Å²) in [5, 5.41) is 0. The van der Waals surface area contributed by atoms with Crippen molar-refractivity contribution in [3.05, 3.63) is 65.5 Å². The molecule has 0 aromatic heterocycles. The van der Waals surface area contributed by atoms with Crippen LogP contribution in [0.25, 0.3) is 0 Å². The Morgan fingerprint density at radius 2 is 1.61 bits per heavy atom. The number of nitrogens with zero attached hydrogens (tertiary/aromatic N) is 1. The summed E-state index contributed by atoms with van der Waals surface area (Å²) in [5.41, 5.74) is 0.978. The van der Waals surface area contributed by atoms with Crippen molar-refractivity contribution in [1.82, 2.24) is 4.90 Å². The zero-order chi connectivity index (χ0) is 22.4. The molecule has 0 N–H and O–H groups in total. The molecule has 1 aliphatic carbocycles. The van der Waals surface area contributed by atoms with E-state index in [1.54, 1.807) is 17.0 Å². The van der Waals surface area contributed by atoms with Crippen LogP contribution in [0.15, 0.2) is 53.4 Å². The Balaban J connectivity index is 1.66. The molecule has 1 saturated carbocycles. The highest BCUT2D eigenvalue weighted by Gasteiger charge is 2.26. The Labute approximate surface area is 181 Å². The number of benzene rings is 2. The average molecular weight is 448 g/mol. The van der Waals surface area contributed by atoms with Crippen molar-refractivity contribution >= 4 is 21.7 Å². The van der Waals surface area contributed by atoms with E-state index in [-0.39, 0.29) is 28.2 Å². The zero-order valence-electron chi connectivity index (χ0n) is 17.4. The van der Waals surface area contributed by atoms with Gasteiger partial charge in [-0.15, -0.1) is 0 Å². The molecular weight excluding hydrogens is 421 g/mol. The molecule has 166 valence electrons. The van der Waals surface area contributed by atoms with E-state index in [9.17, 15) is 22.4 Å². The fourth-order valence-electron chi connectivity index (χ4n) is 3.73. The third-order valence-electron chi connectivity index (χ3n) is 5.45. The first kappa shape index (κ1) is 22.9. The van der Waals surface area contributed by atoms with Gasteiger partial charge >= 0.3 is 5.97 Å². The van der Waals surface area contributed by atoms with E-state index in [0.717, 1.165) is 43.9 Å². The van der Waals surface area contributed by atoms with Crippen molar-refractivity contribution in [2.45, 2.75) is 49.6 Å². The lowest BCUT2D eigenvalue weighted by Gasteiger charge is -2.34. The molecule has 1 fully saturated rings. The van der Waals surface area contributed by atoms with Crippen LogP contribution in [0, 0.1) is 5.82 Å². The SMILES string of the molecule is CS(=O)(=O)c1ccc(C(=O)OCC(=O)N(Cc2ccc(F)cc2)C2CCCCC2)cc1. The van der Waals surface area contributed by atoms with Crippen LogP contribution < -0.4 is 0 Å². The van der Waals surface area contributed by atoms with Gasteiger partial charge in [0.25, 0.3) is 5.91 Å². The van der Waals surface area contributed by atoms with Crippen molar-refractivity contribution in [3.8, 4) is 0 Å². The quantitative estimate of drug-likeness (QED) is 0.604. The Bertz CT molecular complexity index is 1010. The maximum atomic E-state index is 13.2. The summed E-state index contributed by atoms with van der Waals surface area (Å²) in [4.78, 5) is 27.1. The molecule has 0 atom stereocenters. The summed E-state index contributed by atoms with van der Waals surface area (Å²) in [6.45, 7) is -0.0885. The van der Waals surface area contributed by atoms with E-state index in [1.807, 2.05) is 0 Å². The number of amides is 1. The van der Waals surface area contributed by atoms with Crippen LogP contribution in [0.5, 0.6) is 0 Å². The number of carbonyl (C=O) groups excluding carboxylic acids is 2.